The van der Waals surface area contributed by atoms with E-state index in [9.17, 15) is 64.8 Å². The number of ether oxygens (including phenoxy) is 5. The van der Waals surface area contributed by atoms with E-state index in [2.05, 4.69) is 0 Å². The molecule has 3 aliphatic rings. The standard InChI is InChI=1S/C26H22O18/c27-5-12-19-18(35)21(26(40-12)44-22(36)6-1-9(28)16(33)10(29)2-6)43-23(37)7-3-11(30)17(34)20-14(7)15(25(39)42-20)8(4-13(31)32)24(38)41-19/h1-3,8,12,15,18-19,21,26-30,33-35H,4-5H2,(H,31,32). The zero-order valence-corrected chi connectivity index (χ0v) is 21.8. The molecule has 44 heavy (non-hydrogen) atoms. The van der Waals surface area contributed by atoms with Crippen molar-refractivity contribution < 1.29 is 88.5 Å². The minimum atomic E-state index is -2.15. The molecule has 5 rings (SSSR count). The molecule has 3 heterocycles. The monoisotopic (exact) mass is 622 g/mol. The summed E-state index contributed by atoms with van der Waals surface area (Å²) in [4.78, 5) is 64.3. The first-order valence-corrected chi connectivity index (χ1v) is 12.6. The molecule has 8 N–H and O–H groups in total. The molecule has 0 saturated carbocycles. The van der Waals surface area contributed by atoms with Gasteiger partial charge in [-0.1, -0.05) is 0 Å². The minimum Gasteiger partial charge on any atom is -0.504 e. The number of aromatic hydroxyl groups is 5. The van der Waals surface area contributed by atoms with Crippen molar-refractivity contribution in [2.24, 2.45) is 5.92 Å². The summed E-state index contributed by atoms with van der Waals surface area (Å²) in [6, 6.07) is 2.01. The lowest BCUT2D eigenvalue weighted by Gasteiger charge is -2.42. The zero-order valence-electron chi connectivity index (χ0n) is 21.8. The summed E-state index contributed by atoms with van der Waals surface area (Å²) in [7, 11) is 0. The van der Waals surface area contributed by atoms with Crippen molar-refractivity contribution in [2.45, 2.75) is 43.0 Å². The van der Waals surface area contributed by atoms with E-state index < -0.39 is 137 Å². The summed E-state index contributed by atoms with van der Waals surface area (Å²) in [5, 5.41) is 80.2. The summed E-state index contributed by atoms with van der Waals surface area (Å²) >= 11 is 0. The van der Waals surface area contributed by atoms with Crippen LogP contribution < -0.4 is 4.74 Å². The van der Waals surface area contributed by atoms with Crippen molar-refractivity contribution in [3.8, 4) is 34.5 Å². The van der Waals surface area contributed by atoms with Crippen molar-refractivity contribution in [2.75, 3.05) is 6.61 Å². The Morgan fingerprint density at radius 3 is 2.11 bits per heavy atom. The van der Waals surface area contributed by atoms with Gasteiger partial charge in [0.2, 0.25) is 12.0 Å². The van der Waals surface area contributed by atoms with Gasteiger partial charge in [0.25, 0.3) is 0 Å². The Morgan fingerprint density at radius 2 is 1.50 bits per heavy atom. The lowest BCUT2D eigenvalue weighted by atomic mass is 9.82. The molecule has 0 radical (unpaired) electrons. The van der Waals surface area contributed by atoms with Crippen molar-refractivity contribution in [3.63, 3.8) is 0 Å². The number of aliphatic carboxylic acids is 1. The van der Waals surface area contributed by atoms with Crippen LogP contribution in [-0.2, 0) is 33.3 Å². The highest BCUT2D eigenvalue weighted by molar-refractivity contribution is 6.02. The van der Waals surface area contributed by atoms with Crippen LogP contribution in [0.4, 0.5) is 0 Å². The van der Waals surface area contributed by atoms with Crippen LogP contribution in [0.5, 0.6) is 34.5 Å². The number of carboxylic acids is 1. The minimum absolute atomic E-state index is 0.548. The Hall–Kier alpha value is -5.33. The second-order valence-corrected chi connectivity index (χ2v) is 9.89. The summed E-state index contributed by atoms with van der Waals surface area (Å²) < 4.78 is 26.3. The molecule has 7 atom stereocenters. The number of esters is 4. The second-order valence-electron chi connectivity index (χ2n) is 9.89. The van der Waals surface area contributed by atoms with E-state index in [0.717, 1.165) is 0 Å². The highest BCUT2D eigenvalue weighted by atomic mass is 16.7. The fourth-order valence-electron chi connectivity index (χ4n) is 5.11. The molecule has 2 bridgehead atoms. The van der Waals surface area contributed by atoms with Crippen LogP contribution in [0.15, 0.2) is 18.2 Å². The maximum atomic E-state index is 13.5. The highest BCUT2D eigenvalue weighted by Crippen LogP contribution is 2.51. The predicted molar refractivity (Wildman–Crippen MR) is 132 cm³/mol. The van der Waals surface area contributed by atoms with Gasteiger partial charge in [-0.3, -0.25) is 14.4 Å². The van der Waals surface area contributed by atoms with Crippen LogP contribution in [0.25, 0.3) is 0 Å². The molecule has 2 aromatic carbocycles. The molecule has 18 heteroatoms. The van der Waals surface area contributed by atoms with Gasteiger partial charge in [-0.15, -0.1) is 0 Å². The average Bonchev–Trinajstić information content (AvgIpc) is 3.30. The number of hydrogen-bond donors (Lipinski definition) is 8. The Bertz CT molecular complexity index is 1560. The maximum absolute atomic E-state index is 13.5. The van der Waals surface area contributed by atoms with Crippen LogP contribution in [0, 0.1) is 5.92 Å². The van der Waals surface area contributed by atoms with Gasteiger partial charge in [0.1, 0.15) is 18.1 Å². The van der Waals surface area contributed by atoms with Crippen molar-refractivity contribution in [1.82, 2.24) is 0 Å². The van der Waals surface area contributed by atoms with Gasteiger partial charge in [0, 0.05) is 5.56 Å². The van der Waals surface area contributed by atoms with Gasteiger partial charge in [-0.25, -0.2) is 9.59 Å². The molecule has 1 fully saturated rings. The fraction of sp³-hybridized carbons (Fsp3) is 0.346. The number of carbonyl (C=O) groups excluding carboxylic acids is 4. The first kappa shape index (κ1) is 30.1. The third kappa shape index (κ3) is 4.99. The third-order valence-corrected chi connectivity index (χ3v) is 7.18. The Balaban J connectivity index is 1.61. The summed E-state index contributed by atoms with van der Waals surface area (Å²) in [6.45, 7) is -1.02. The normalized spacial score (nSPS) is 27.7. The van der Waals surface area contributed by atoms with Gasteiger partial charge < -0.3 is 64.5 Å². The molecule has 7 unspecified atom stereocenters. The largest absolute Gasteiger partial charge is 0.504 e. The molecule has 0 aromatic heterocycles. The van der Waals surface area contributed by atoms with Crippen LogP contribution in [0.1, 0.15) is 38.6 Å². The molecule has 0 aliphatic carbocycles. The van der Waals surface area contributed by atoms with Crippen LogP contribution in [0.2, 0.25) is 0 Å². The Labute approximate surface area is 243 Å². The van der Waals surface area contributed by atoms with Gasteiger partial charge in [0.05, 0.1) is 30.1 Å². The van der Waals surface area contributed by atoms with Crippen molar-refractivity contribution in [1.29, 1.82) is 0 Å². The van der Waals surface area contributed by atoms with Crippen LogP contribution in [-0.4, -0.2) is 108 Å². The number of phenols is 5. The second kappa shape index (κ2) is 11.1. The van der Waals surface area contributed by atoms with E-state index in [-0.39, 0.29) is 0 Å². The number of phenolic OH excluding ortho intramolecular Hbond substituents is 5. The average molecular weight is 622 g/mol. The van der Waals surface area contributed by atoms with E-state index in [0.29, 0.717) is 18.2 Å². The van der Waals surface area contributed by atoms with Gasteiger partial charge in [-0.05, 0) is 18.2 Å². The molecule has 1 saturated heterocycles. The molecular formula is C26H22O18. The fourth-order valence-corrected chi connectivity index (χ4v) is 5.11. The number of aliphatic hydroxyl groups excluding tert-OH is 2. The van der Waals surface area contributed by atoms with E-state index in [4.69, 9.17) is 23.7 Å². The number of benzene rings is 2. The number of hydrogen-bond acceptors (Lipinski definition) is 17. The topological polar surface area (TPSA) is 293 Å². The lowest BCUT2D eigenvalue weighted by molar-refractivity contribution is -0.288. The smallest absolute Gasteiger partial charge is 0.340 e. The quantitative estimate of drug-likeness (QED) is 0.0831. The number of carboxylic acid groups (broad SMARTS) is 1. The molecule has 0 spiro atoms. The number of rotatable bonds is 5. The summed E-state index contributed by atoms with van der Waals surface area (Å²) in [6.07, 6.45) is -11.1. The number of carbonyl (C=O) groups is 5. The Morgan fingerprint density at radius 1 is 0.864 bits per heavy atom. The van der Waals surface area contributed by atoms with Gasteiger partial charge >= 0.3 is 29.8 Å². The van der Waals surface area contributed by atoms with Gasteiger partial charge in [0.15, 0.2) is 41.0 Å². The molecule has 0 amide bonds. The van der Waals surface area contributed by atoms with Crippen LogP contribution in [0.3, 0.4) is 0 Å². The summed E-state index contributed by atoms with van der Waals surface area (Å²) in [5.41, 5.74) is -1.83. The van der Waals surface area contributed by atoms with E-state index in [1.165, 1.54) is 0 Å². The van der Waals surface area contributed by atoms with Crippen LogP contribution >= 0.6 is 0 Å². The van der Waals surface area contributed by atoms with E-state index in [1.807, 2.05) is 0 Å². The first-order valence-electron chi connectivity index (χ1n) is 12.6. The highest BCUT2D eigenvalue weighted by Gasteiger charge is 2.55. The zero-order chi connectivity index (χ0) is 32.2. The summed E-state index contributed by atoms with van der Waals surface area (Å²) in [5.74, 6) is -16.6. The first-order chi connectivity index (χ1) is 20.7. The SMILES string of the molecule is O=C(O)CC1C(=O)OC2C(CO)OC(OC(=O)c3cc(O)c(O)c(O)c3)C(OC(=O)c3cc(O)c(O)c4c3C1C(=O)O4)C2O. The lowest BCUT2D eigenvalue weighted by Crippen LogP contribution is -2.62. The predicted octanol–water partition coefficient (Wildman–Crippen LogP) is -1.31. The van der Waals surface area contributed by atoms with E-state index >= 15 is 0 Å². The molecule has 3 aliphatic heterocycles. The number of aliphatic hydroxyl groups is 2. The molecule has 2 aromatic rings. The van der Waals surface area contributed by atoms with E-state index in [1.54, 1.807) is 0 Å². The van der Waals surface area contributed by atoms with Crippen molar-refractivity contribution in [3.05, 3.63) is 34.9 Å². The molecule has 234 valence electrons. The maximum Gasteiger partial charge on any atom is 0.340 e. The third-order valence-electron chi connectivity index (χ3n) is 7.18. The van der Waals surface area contributed by atoms with Gasteiger partial charge in [-0.2, -0.15) is 0 Å². The van der Waals surface area contributed by atoms with Crippen molar-refractivity contribution >= 4 is 29.8 Å². The number of fused-ring (bicyclic) bond motifs is 2. The molecule has 18 nitrogen and oxygen atoms in total. The molecular weight excluding hydrogens is 600 g/mol. The Kier molecular flexibility index (Phi) is 7.58.